The number of pyridine rings is 1. The van der Waals surface area contributed by atoms with Crippen molar-refractivity contribution in [3.05, 3.63) is 42.1 Å². The Bertz CT molecular complexity index is 774. The molecule has 1 amide bonds. The zero-order chi connectivity index (χ0) is 19.8. The van der Waals surface area contributed by atoms with Crippen LogP contribution in [0.15, 0.2) is 36.5 Å². The molecule has 1 aromatic carbocycles. The smallest absolute Gasteiger partial charge is 0.255 e. The number of hydrogen-bond donors (Lipinski definition) is 1. The van der Waals surface area contributed by atoms with Gasteiger partial charge < -0.3 is 24.4 Å². The van der Waals surface area contributed by atoms with Crippen molar-refractivity contribution in [2.45, 2.75) is 20.3 Å². The Balaban J connectivity index is 1.67. The van der Waals surface area contributed by atoms with Crippen molar-refractivity contribution in [3.8, 4) is 11.5 Å². The second kappa shape index (κ2) is 9.94. The average molecular weight is 385 g/mol. The fourth-order valence-corrected chi connectivity index (χ4v) is 2.89. The minimum atomic E-state index is -0.219. The van der Waals surface area contributed by atoms with Crippen LogP contribution in [0, 0.1) is 0 Å². The third kappa shape index (κ3) is 5.13. The zero-order valence-electron chi connectivity index (χ0n) is 16.4. The molecule has 2 aromatic rings. The number of carbonyl (C=O) groups excluding carboxylic acids is 1. The summed E-state index contributed by atoms with van der Waals surface area (Å²) >= 11 is 0. The summed E-state index contributed by atoms with van der Waals surface area (Å²) in [6, 6.07) is 8.99. The SMILES string of the molecule is CCCOc1ccc(C(=O)Nc2ccc(N3CCOCC3)nc2)cc1OCC. The summed E-state index contributed by atoms with van der Waals surface area (Å²) in [6.45, 7) is 8.11. The van der Waals surface area contributed by atoms with Crippen LogP contribution in [0.1, 0.15) is 30.6 Å². The van der Waals surface area contributed by atoms with Crippen LogP contribution in [0.3, 0.4) is 0 Å². The van der Waals surface area contributed by atoms with Crippen molar-refractivity contribution in [1.82, 2.24) is 4.98 Å². The predicted octanol–water partition coefficient (Wildman–Crippen LogP) is 3.36. The van der Waals surface area contributed by atoms with Gasteiger partial charge in [0.2, 0.25) is 0 Å². The Morgan fingerprint density at radius 2 is 1.96 bits per heavy atom. The van der Waals surface area contributed by atoms with Crippen molar-refractivity contribution >= 4 is 17.4 Å². The van der Waals surface area contributed by atoms with Crippen LogP contribution in [0.25, 0.3) is 0 Å². The molecule has 0 radical (unpaired) electrons. The summed E-state index contributed by atoms with van der Waals surface area (Å²) < 4.78 is 16.7. The van der Waals surface area contributed by atoms with E-state index in [1.165, 1.54) is 0 Å². The van der Waals surface area contributed by atoms with Gasteiger partial charge in [0.15, 0.2) is 11.5 Å². The van der Waals surface area contributed by atoms with Crippen molar-refractivity contribution in [3.63, 3.8) is 0 Å². The molecule has 0 saturated carbocycles. The van der Waals surface area contributed by atoms with Crippen LogP contribution in [-0.4, -0.2) is 50.4 Å². The highest BCUT2D eigenvalue weighted by molar-refractivity contribution is 6.04. The van der Waals surface area contributed by atoms with Crippen LogP contribution in [-0.2, 0) is 4.74 Å². The van der Waals surface area contributed by atoms with Gasteiger partial charge >= 0.3 is 0 Å². The highest BCUT2D eigenvalue weighted by atomic mass is 16.5. The fraction of sp³-hybridized carbons (Fsp3) is 0.429. The quantitative estimate of drug-likeness (QED) is 0.751. The molecule has 3 rings (SSSR count). The summed E-state index contributed by atoms with van der Waals surface area (Å²) in [4.78, 5) is 19.2. The van der Waals surface area contributed by atoms with Gasteiger partial charge in [-0.2, -0.15) is 0 Å². The van der Waals surface area contributed by atoms with Crippen LogP contribution >= 0.6 is 0 Å². The van der Waals surface area contributed by atoms with E-state index in [1.54, 1.807) is 24.4 Å². The van der Waals surface area contributed by atoms with Gasteiger partial charge in [-0.1, -0.05) is 6.92 Å². The van der Waals surface area contributed by atoms with Gasteiger partial charge in [-0.25, -0.2) is 4.98 Å². The fourth-order valence-electron chi connectivity index (χ4n) is 2.89. The van der Waals surface area contributed by atoms with Crippen molar-refractivity contribution in [1.29, 1.82) is 0 Å². The number of anilines is 2. The highest BCUT2D eigenvalue weighted by Crippen LogP contribution is 2.29. The van der Waals surface area contributed by atoms with E-state index in [4.69, 9.17) is 14.2 Å². The molecule has 0 aliphatic carbocycles. The molecule has 1 N–H and O–H groups in total. The largest absolute Gasteiger partial charge is 0.490 e. The first-order valence-corrected chi connectivity index (χ1v) is 9.71. The second-order valence-electron chi connectivity index (χ2n) is 6.40. The van der Waals surface area contributed by atoms with E-state index in [1.807, 2.05) is 26.0 Å². The number of hydrogen-bond acceptors (Lipinski definition) is 6. The molecule has 7 heteroatoms. The molecule has 1 fully saturated rings. The number of carbonyl (C=O) groups is 1. The minimum absolute atomic E-state index is 0.219. The van der Waals surface area contributed by atoms with Gasteiger partial charge in [0.25, 0.3) is 5.91 Å². The Hall–Kier alpha value is -2.80. The molecule has 1 saturated heterocycles. The molecule has 28 heavy (non-hydrogen) atoms. The Morgan fingerprint density at radius 1 is 1.14 bits per heavy atom. The van der Waals surface area contributed by atoms with Crippen LogP contribution in [0.5, 0.6) is 11.5 Å². The standard InChI is InChI=1S/C21H27N3O4/c1-3-11-28-18-7-5-16(14-19(18)27-4-2)21(25)23-17-6-8-20(22-15-17)24-9-12-26-13-10-24/h5-8,14-15H,3-4,9-13H2,1-2H3,(H,23,25). The number of rotatable bonds is 8. The summed E-state index contributed by atoms with van der Waals surface area (Å²) in [5.74, 6) is 1.89. The molecule has 150 valence electrons. The van der Waals surface area contributed by atoms with E-state index in [0.29, 0.717) is 49.2 Å². The first-order chi connectivity index (χ1) is 13.7. The lowest BCUT2D eigenvalue weighted by molar-refractivity contribution is 0.102. The molecule has 7 nitrogen and oxygen atoms in total. The summed E-state index contributed by atoms with van der Waals surface area (Å²) in [6.07, 6.45) is 2.58. The van der Waals surface area contributed by atoms with E-state index in [-0.39, 0.29) is 5.91 Å². The molecule has 1 aromatic heterocycles. The minimum Gasteiger partial charge on any atom is -0.490 e. The van der Waals surface area contributed by atoms with Gasteiger partial charge in [0.05, 0.1) is 38.3 Å². The van der Waals surface area contributed by atoms with E-state index in [0.717, 1.165) is 25.3 Å². The molecular formula is C21H27N3O4. The normalized spacial score (nSPS) is 13.9. The maximum atomic E-state index is 12.6. The number of nitrogens with zero attached hydrogens (tertiary/aromatic N) is 2. The van der Waals surface area contributed by atoms with Crippen LogP contribution in [0.4, 0.5) is 11.5 Å². The van der Waals surface area contributed by atoms with Gasteiger partial charge in [0.1, 0.15) is 5.82 Å². The topological polar surface area (TPSA) is 72.9 Å². The van der Waals surface area contributed by atoms with Crippen LogP contribution in [0.2, 0.25) is 0 Å². The average Bonchev–Trinajstić information content (AvgIpc) is 2.74. The number of aromatic nitrogens is 1. The van der Waals surface area contributed by atoms with Gasteiger partial charge in [-0.3, -0.25) is 4.79 Å². The van der Waals surface area contributed by atoms with Gasteiger partial charge in [-0.05, 0) is 43.7 Å². The van der Waals surface area contributed by atoms with Gasteiger partial charge in [-0.15, -0.1) is 0 Å². The first kappa shape index (κ1) is 19.9. The lowest BCUT2D eigenvalue weighted by atomic mass is 10.2. The Morgan fingerprint density at radius 3 is 2.64 bits per heavy atom. The van der Waals surface area contributed by atoms with Crippen molar-refractivity contribution in [2.75, 3.05) is 49.7 Å². The van der Waals surface area contributed by atoms with Crippen LogP contribution < -0.4 is 19.7 Å². The maximum Gasteiger partial charge on any atom is 0.255 e. The van der Waals surface area contributed by atoms with E-state index in [2.05, 4.69) is 15.2 Å². The molecule has 0 unspecified atom stereocenters. The highest BCUT2D eigenvalue weighted by Gasteiger charge is 2.14. The molecule has 0 spiro atoms. The van der Waals surface area contributed by atoms with E-state index < -0.39 is 0 Å². The van der Waals surface area contributed by atoms with Crippen molar-refractivity contribution < 1.29 is 19.0 Å². The van der Waals surface area contributed by atoms with Gasteiger partial charge in [0, 0.05) is 18.7 Å². The molecule has 2 heterocycles. The Kier molecular flexibility index (Phi) is 7.08. The summed E-state index contributed by atoms with van der Waals surface area (Å²) in [5.41, 5.74) is 1.15. The maximum absolute atomic E-state index is 12.6. The third-order valence-electron chi connectivity index (χ3n) is 4.31. The number of ether oxygens (including phenoxy) is 3. The monoisotopic (exact) mass is 385 g/mol. The van der Waals surface area contributed by atoms with Crippen molar-refractivity contribution in [2.24, 2.45) is 0 Å². The lowest BCUT2D eigenvalue weighted by Crippen LogP contribution is -2.36. The molecule has 1 aliphatic heterocycles. The number of nitrogens with one attached hydrogen (secondary N) is 1. The number of morpholine rings is 1. The molecule has 0 bridgehead atoms. The molecular weight excluding hydrogens is 358 g/mol. The predicted molar refractivity (Wildman–Crippen MR) is 109 cm³/mol. The Labute approximate surface area is 165 Å². The number of amides is 1. The zero-order valence-corrected chi connectivity index (χ0v) is 16.4. The van der Waals surface area contributed by atoms with E-state index >= 15 is 0 Å². The molecule has 0 atom stereocenters. The molecule has 1 aliphatic rings. The second-order valence-corrected chi connectivity index (χ2v) is 6.40. The number of benzene rings is 1. The first-order valence-electron chi connectivity index (χ1n) is 9.71. The lowest BCUT2D eigenvalue weighted by Gasteiger charge is -2.27. The van der Waals surface area contributed by atoms with E-state index in [9.17, 15) is 4.79 Å². The third-order valence-corrected chi connectivity index (χ3v) is 4.31. The summed E-state index contributed by atoms with van der Waals surface area (Å²) in [7, 11) is 0. The summed E-state index contributed by atoms with van der Waals surface area (Å²) in [5, 5.41) is 2.88.